The molecule has 0 aliphatic rings. The van der Waals surface area contributed by atoms with Crippen LogP contribution in [0.3, 0.4) is 0 Å². The molecule has 0 spiro atoms. The first-order chi connectivity index (χ1) is 7.54. The maximum Gasteiger partial charge on any atom is 0.176 e. The lowest BCUT2D eigenvalue weighted by Gasteiger charge is -2.03. The van der Waals surface area contributed by atoms with E-state index in [1.165, 1.54) is 0 Å². The van der Waals surface area contributed by atoms with Crippen molar-refractivity contribution in [3.8, 4) is 5.75 Å². The number of carbonyl (C=O) groups is 1. The maximum atomic E-state index is 11.4. The summed E-state index contributed by atoms with van der Waals surface area (Å²) in [5, 5.41) is 1.06. The summed E-state index contributed by atoms with van der Waals surface area (Å²) < 4.78 is 5.31. The highest BCUT2D eigenvalue weighted by Gasteiger charge is 2.14. The molecule has 2 rings (SSSR count). The van der Waals surface area contributed by atoms with E-state index >= 15 is 0 Å². The van der Waals surface area contributed by atoms with Crippen LogP contribution in [0, 0.1) is 13.8 Å². The van der Waals surface area contributed by atoms with E-state index in [1.807, 2.05) is 19.9 Å². The number of nitrogens with one attached hydrogen (secondary N) is 1. The predicted molar refractivity (Wildman–Crippen MR) is 64.3 cm³/mol. The van der Waals surface area contributed by atoms with Crippen LogP contribution in [-0.4, -0.2) is 17.9 Å². The van der Waals surface area contributed by atoms with Crippen molar-refractivity contribution in [2.45, 2.75) is 20.8 Å². The van der Waals surface area contributed by atoms with E-state index in [2.05, 4.69) is 11.1 Å². The van der Waals surface area contributed by atoms with Crippen LogP contribution in [0.4, 0.5) is 0 Å². The monoisotopic (exact) mass is 217 g/mol. The molecule has 1 N–H and O–H groups in total. The number of H-pyrrole nitrogens is 1. The Kier molecular flexibility index (Phi) is 2.46. The molecule has 0 radical (unpaired) electrons. The third-order valence-corrected chi connectivity index (χ3v) is 2.85. The first kappa shape index (κ1) is 10.7. The fraction of sp³-hybridized carbons (Fsp3) is 0.308. The molecule has 3 heteroatoms. The molecular weight excluding hydrogens is 202 g/mol. The van der Waals surface area contributed by atoms with Gasteiger partial charge in [0, 0.05) is 12.3 Å². The van der Waals surface area contributed by atoms with Crippen LogP contribution in [0.5, 0.6) is 5.75 Å². The van der Waals surface area contributed by atoms with E-state index in [0.29, 0.717) is 5.69 Å². The average molecular weight is 217 g/mol. The number of rotatable bonds is 2. The van der Waals surface area contributed by atoms with Crippen molar-refractivity contribution in [1.82, 2.24) is 4.98 Å². The molecule has 1 aromatic heterocycles. The molecule has 0 fully saturated rings. The summed E-state index contributed by atoms with van der Waals surface area (Å²) in [6, 6.07) is 4.03. The SMILES string of the molecule is COc1cc(C)cc2c(C)c(C(C)=O)[nH]c12. The number of carbonyl (C=O) groups excluding carboxylic acids is 1. The molecule has 0 bridgehead atoms. The van der Waals surface area contributed by atoms with E-state index in [-0.39, 0.29) is 5.78 Å². The fourth-order valence-corrected chi connectivity index (χ4v) is 2.04. The Balaban J connectivity index is 2.85. The second-order valence-corrected chi connectivity index (χ2v) is 4.07. The van der Waals surface area contributed by atoms with Crippen molar-refractivity contribution in [2.75, 3.05) is 7.11 Å². The summed E-state index contributed by atoms with van der Waals surface area (Å²) in [7, 11) is 1.64. The fourth-order valence-electron chi connectivity index (χ4n) is 2.04. The zero-order valence-corrected chi connectivity index (χ0v) is 9.97. The summed E-state index contributed by atoms with van der Waals surface area (Å²) in [5.74, 6) is 0.832. The number of hydrogen-bond donors (Lipinski definition) is 1. The largest absolute Gasteiger partial charge is 0.495 e. The van der Waals surface area contributed by atoms with Crippen LogP contribution in [0.15, 0.2) is 12.1 Å². The zero-order chi connectivity index (χ0) is 11.9. The van der Waals surface area contributed by atoms with Gasteiger partial charge in [0.15, 0.2) is 5.78 Å². The van der Waals surface area contributed by atoms with Gasteiger partial charge < -0.3 is 9.72 Å². The summed E-state index contributed by atoms with van der Waals surface area (Å²) >= 11 is 0. The molecule has 1 aromatic carbocycles. The highest BCUT2D eigenvalue weighted by atomic mass is 16.5. The molecular formula is C13H15NO2. The van der Waals surface area contributed by atoms with Crippen molar-refractivity contribution in [3.63, 3.8) is 0 Å². The van der Waals surface area contributed by atoms with Crippen molar-refractivity contribution < 1.29 is 9.53 Å². The molecule has 0 aliphatic carbocycles. The summed E-state index contributed by atoms with van der Waals surface area (Å²) in [6.45, 7) is 5.54. The van der Waals surface area contributed by atoms with Gasteiger partial charge in [-0.2, -0.15) is 0 Å². The van der Waals surface area contributed by atoms with Gasteiger partial charge in [-0.1, -0.05) is 0 Å². The average Bonchev–Trinajstić information content (AvgIpc) is 2.55. The highest BCUT2D eigenvalue weighted by molar-refractivity contribution is 6.02. The molecule has 0 unspecified atom stereocenters. The van der Waals surface area contributed by atoms with Crippen molar-refractivity contribution in [2.24, 2.45) is 0 Å². The third kappa shape index (κ3) is 1.48. The first-order valence-corrected chi connectivity index (χ1v) is 5.22. The second-order valence-electron chi connectivity index (χ2n) is 4.07. The second kappa shape index (κ2) is 3.67. The van der Waals surface area contributed by atoms with Crippen LogP contribution in [0.1, 0.15) is 28.5 Å². The van der Waals surface area contributed by atoms with Gasteiger partial charge in [0.25, 0.3) is 0 Å². The van der Waals surface area contributed by atoms with Gasteiger partial charge in [0.1, 0.15) is 5.75 Å². The number of ketones is 1. The number of Topliss-reactive ketones (excluding diaryl/α,β-unsaturated/α-hetero) is 1. The topological polar surface area (TPSA) is 42.1 Å². The van der Waals surface area contributed by atoms with Crippen molar-refractivity contribution >= 4 is 16.7 Å². The Hall–Kier alpha value is -1.77. The predicted octanol–water partition coefficient (Wildman–Crippen LogP) is 3.00. The van der Waals surface area contributed by atoms with Gasteiger partial charge in [-0.15, -0.1) is 0 Å². The Labute approximate surface area is 94.4 Å². The maximum absolute atomic E-state index is 11.4. The molecule has 84 valence electrons. The van der Waals surface area contributed by atoms with Gasteiger partial charge in [-0.05, 0) is 37.1 Å². The lowest BCUT2D eigenvalue weighted by molar-refractivity contribution is 0.101. The quantitative estimate of drug-likeness (QED) is 0.786. The molecule has 1 heterocycles. The van der Waals surface area contributed by atoms with Crippen LogP contribution in [-0.2, 0) is 0 Å². The van der Waals surface area contributed by atoms with Gasteiger partial charge in [0.05, 0.1) is 18.3 Å². The number of hydrogen-bond acceptors (Lipinski definition) is 2. The zero-order valence-electron chi connectivity index (χ0n) is 9.97. The van der Waals surface area contributed by atoms with Gasteiger partial charge in [0.2, 0.25) is 0 Å². The van der Waals surface area contributed by atoms with E-state index in [9.17, 15) is 4.79 Å². The van der Waals surface area contributed by atoms with Gasteiger partial charge in [-0.3, -0.25) is 4.79 Å². The molecule has 0 saturated carbocycles. The highest BCUT2D eigenvalue weighted by Crippen LogP contribution is 2.30. The third-order valence-electron chi connectivity index (χ3n) is 2.85. The normalized spacial score (nSPS) is 10.8. The summed E-state index contributed by atoms with van der Waals surface area (Å²) in [6.07, 6.45) is 0. The smallest absolute Gasteiger partial charge is 0.176 e. The Bertz CT molecular complexity index is 567. The minimum atomic E-state index is 0.0495. The number of aromatic nitrogens is 1. The molecule has 16 heavy (non-hydrogen) atoms. The number of aryl methyl sites for hydroxylation is 2. The molecule has 2 aromatic rings. The molecule has 0 saturated heterocycles. The van der Waals surface area contributed by atoms with E-state index in [0.717, 1.165) is 27.8 Å². The number of benzene rings is 1. The molecule has 0 aliphatic heterocycles. The summed E-state index contributed by atoms with van der Waals surface area (Å²) in [5.41, 5.74) is 3.68. The number of ether oxygens (including phenoxy) is 1. The van der Waals surface area contributed by atoms with E-state index in [1.54, 1.807) is 14.0 Å². The van der Waals surface area contributed by atoms with E-state index < -0.39 is 0 Å². The van der Waals surface area contributed by atoms with Gasteiger partial charge >= 0.3 is 0 Å². The Morgan fingerprint density at radius 1 is 1.31 bits per heavy atom. The van der Waals surface area contributed by atoms with Crippen LogP contribution < -0.4 is 4.74 Å². The Morgan fingerprint density at radius 3 is 2.56 bits per heavy atom. The van der Waals surface area contributed by atoms with E-state index in [4.69, 9.17) is 4.74 Å². The van der Waals surface area contributed by atoms with Crippen LogP contribution in [0.25, 0.3) is 10.9 Å². The number of fused-ring (bicyclic) bond motifs is 1. The number of aromatic amines is 1. The van der Waals surface area contributed by atoms with Crippen molar-refractivity contribution in [3.05, 3.63) is 29.0 Å². The lowest BCUT2D eigenvalue weighted by Crippen LogP contribution is -1.93. The van der Waals surface area contributed by atoms with Crippen molar-refractivity contribution in [1.29, 1.82) is 0 Å². The summed E-state index contributed by atoms with van der Waals surface area (Å²) in [4.78, 5) is 14.6. The standard InChI is InChI=1S/C13H15NO2/c1-7-5-10-8(2)12(9(3)15)14-13(10)11(6-7)16-4/h5-6,14H,1-4H3. The lowest BCUT2D eigenvalue weighted by atomic mass is 10.1. The molecule has 0 amide bonds. The number of methoxy groups -OCH3 is 1. The minimum Gasteiger partial charge on any atom is -0.495 e. The van der Waals surface area contributed by atoms with Gasteiger partial charge in [-0.25, -0.2) is 0 Å². The molecule has 3 nitrogen and oxygen atoms in total. The Morgan fingerprint density at radius 2 is 2.00 bits per heavy atom. The minimum absolute atomic E-state index is 0.0495. The molecule has 0 atom stereocenters. The first-order valence-electron chi connectivity index (χ1n) is 5.22. The van der Waals surface area contributed by atoms with Crippen LogP contribution in [0.2, 0.25) is 0 Å². The van der Waals surface area contributed by atoms with Crippen LogP contribution >= 0.6 is 0 Å².